The summed E-state index contributed by atoms with van der Waals surface area (Å²) in [4.78, 5) is 4.14. The summed E-state index contributed by atoms with van der Waals surface area (Å²) in [7, 11) is 0. The fourth-order valence-corrected chi connectivity index (χ4v) is 1.78. The van der Waals surface area contributed by atoms with Crippen molar-refractivity contribution in [1.82, 2.24) is 10.1 Å². The predicted octanol–water partition coefficient (Wildman–Crippen LogP) is 3.26. The van der Waals surface area contributed by atoms with Crippen LogP contribution in [0.2, 0.25) is 0 Å². The summed E-state index contributed by atoms with van der Waals surface area (Å²) in [5.41, 5.74) is 7.22. The molecule has 0 saturated carbocycles. The highest BCUT2D eigenvalue weighted by molar-refractivity contribution is 5.71. The van der Waals surface area contributed by atoms with Crippen molar-refractivity contribution in [3.63, 3.8) is 0 Å². The SMILES string of the molecule is Nc1ccccc1-c1nc(-c2ccc(F)c(F)c2)no1. The lowest BCUT2D eigenvalue weighted by Gasteiger charge is -1.98. The lowest BCUT2D eigenvalue weighted by atomic mass is 10.2. The second-order valence-electron chi connectivity index (χ2n) is 4.14. The first-order valence-corrected chi connectivity index (χ1v) is 5.79. The molecule has 100 valence electrons. The van der Waals surface area contributed by atoms with Crippen LogP contribution in [-0.4, -0.2) is 10.1 Å². The van der Waals surface area contributed by atoms with Crippen LogP contribution in [0.25, 0.3) is 22.8 Å². The molecule has 2 N–H and O–H groups in total. The summed E-state index contributed by atoms with van der Waals surface area (Å²) in [5, 5.41) is 3.74. The fraction of sp³-hybridized carbons (Fsp3) is 0. The van der Waals surface area contributed by atoms with Gasteiger partial charge in [0.2, 0.25) is 5.82 Å². The number of hydrogen-bond donors (Lipinski definition) is 1. The van der Waals surface area contributed by atoms with Crippen molar-refractivity contribution in [3.05, 3.63) is 54.1 Å². The molecule has 20 heavy (non-hydrogen) atoms. The number of benzene rings is 2. The van der Waals surface area contributed by atoms with Crippen molar-refractivity contribution in [2.75, 3.05) is 5.73 Å². The van der Waals surface area contributed by atoms with E-state index in [2.05, 4.69) is 10.1 Å². The average Bonchev–Trinajstić information content (AvgIpc) is 2.92. The van der Waals surface area contributed by atoms with Crippen LogP contribution >= 0.6 is 0 Å². The van der Waals surface area contributed by atoms with Gasteiger partial charge in [0.15, 0.2) is 11.6 Å². The van der Waals surface area contributed by atoms with E-state index in [0.717, 1.165) is 12.1 Å². The molecule has 0 aliphatic heterocycles. The fourth-order valence-electron chi connectivity index (χ4n) is 1.78. The molecular formula is C14H9F2N3O. The minimum atomic E-state index is -0.965. The number of halogens is 2. The Morgan fingerprint density at radius 3 is 2.55 bits per heavy atom. The third-order valence-electron chi connectivity index (χ3n) is 2.80. The van der Waals surface area contributed by atoms with Crippen molar-refractivity contribution in [1.29, 1.82) is 0 Å². The van der Waals surface area contributed by atoms with Gasteiger partial charge in [-0.15, -0.1) is 0 Å². The van der Waals surface area contributed by atoms with Crippen molar-refractivity contribution < 1.29 is 13.3 Å². The molecule has 0 aliphatic carbocycles. The first-order chi connectivity index (χ1) is 9.65. The highest BCUT2D eigenvalue weighted by Gasteiger charge is 2.14. The van der Waals surface area contributed by atoms with Gasteiger partial charge in [-0.25, -0.2) is 8.78 Å². The van der Waals surface area contributed by atoms with Gasteiger partial charge in [-0.2, -0.15) is 4.98 Å². The van der Waals surface area contributed by atoms with Gasteiger partial charge in [-0.1, -0.05) is 17.3 Å². The number of rotatable bonds is 2. The Kier molecular flexibility index (Phi) is 2.90. The number of nitrogen functional groups attached to an aromatic ring is 1. The monoisotopic (exact) mass is 273 g/mol. The van der Waals surface area contributed by atoms with Gasteiger partial charge in [0.25, 0.3) is 5.89 Å². The maximum atomic E-state index is 13.2. The average molecular weight is 273 g/mol. The number of aromatic nitrogens is 2. The molecular weight excluding hydrogens is 264 g/mol. The molecule has 0 bridgehead atoms. The predicted molar refractivity (Wildman–Crippen MR) is 69.5 cm³/mol. The molecule has 0 saturated heterocycles. The molecule has 3 aromatic rings. The van der Waals surface area contributed by atoms with E-state index in [1.165, 1.54) is 6.07 Å². The van der Waals surface area contributed by atoms with Gasteiger partial charge in [-0.3, -0.25) is 0 Å². The zero-order valence-corrected chi connectivity index (χ0v) is 10.2. The summed E-state index contributed by atoms with van der Waals surface area (Å²) in [6.45, 7) is 0. The van der Waals surface area contributed by atoms with Gasteiger partial charge in [0.1, 0.15) is 0 Å². The number of anilines is 1. The van der Waals surface area contributed by atoms with E-state index in [-0.39, 0.29) is 11.7 Å². The lowest BCUT2D eigenvalue weighted by molar-refractivity contribution is 0.432. The van der Waals surface area contributed by atoms with Crippen LogP contribution in [0, 0.1) is 11.6 Å². The highest BCUT2D eigenvalue weighted by Crippen LogP contribution is 2.26. The van der Waals surface area contributed by atoms with Crippen LogP contribution in [0.1, 0.15) is 0 Å². The van der Waals surface area contributed by atoms with E-state index in [1.54, 1.807) is 24.3 Å². The molecule has 0 unspecified atom stereocenters. The first kappa shape index (κ1) is 12.3. The van der Waals surface area contributed by atoms with E-state index >= 15 is 0 Å². The standard InChI is InChI=1S/C14H9F2N3O/c15-10-6-5-8(7-11(10)16)13-18-14(20-19-13)9-3-1-2-4-12(9)17/h1-7H,17H2. The molecule has 0 fully saturated rings. The second-order valence-corrected chi connectivity index (χ2v) is 4.14. The Labute approximate surface area is 112 Å². The minimum absolute atomic E-state index is 0.169. The minimum Gasteiger partial charge on any atom is -0.398 e. The first-order valence-electron chi connectivity index (χ1n) is 5.79. The highest BCUT2D eigenvalue weighted by atomic mass is 19.2. The molecule has 1 heterocycles. The molecule has 6 heteroatoms. The van der Waals surface area contributed by atoms with Crippen molar-refractivity contribution in [2.24, 2.45) is 0 Å². The summed E-state index contributed by atoms with van der Waals surface area (Å²) in [6, 6.07) is 10.4. The molecule has 0 radical (unpaired) electrons. The van der Waals surface area contributed by atoms with Gasteiger partial charge in [0.05, 0.1) is 5.56 Å². The van der Waals surface area contributed by atoms with E-state index in [4.69, 9.17) is 10.3 Å². The van der Waals surface area contributed by atoms with E-state index < -0.39 is 11.6 Å². The summed E-state index contributed by atoms with van der Waals surface area (Å²) in [5.74, 6) is -1.50. The Morgan fingerprint density at radius 2 is 1.80 bits per heavy atom. The van der Waals surface area contributed by atoms with Crippen LogP contribution < -0.4 is 5.73 Å². The third-order valence-corrected chi connectivity index (χ3v) is 2.80. The smallest absolute Gasteiger partial charge is 0.260 e. The van der Waals surface area contributed by atoms with Crippen LogP contribution in [0.4, 0.5) is 14.5 Å². The van der Waals surface area contributed by atoms with Crippen molar-refractivity contribution >= 4 is 5.69 Å². The molecule has 4 nitrogen and oxygen atoms in total. The van der Waals surface area contributed by atoms with Gasteiger partial charge >= 0.3 is 0 Å². The van der Waals surface area contributed by atoms with E-state index in [1.807, 2.05) is 0 Å². The van der Waals surface area contributed by atoms with Crippen LogP contribution in [-0.2, 0) is 0 Å². The van der Waals surface area contributed by atoms with Gasteiger partial charge in [-0.05, 0) is 30.3 Å². The quantitative estimate of drug-likeness (QED) is 0.728. The van der Waals surface area contributed by atoms with E-state index in [0.29, 0.717) is 16.8 Å². The number of hydrogen-bond acceptors (Lipinski definition) is 4. The molecule has 0 atom stereocenters. The Balaban J connectivity index is 2.02. The van der Waals surface area contributed by atoms with Crippen molar-refractivity contribution in [2.45, 2.75) is 0 Å². The zero-order valence-electron chi connectivity index (χ0n) is 10.2. The van der Waals surface area contributed by atoms with Gasteiger partial charge in [0, 0.05) is 11.3 Å². The molecule has 3 rings (SSSR count). The largest absolute Gasteiger partial charge is 0.398 e. The van der Waals surface area contributed by atoms with Crippen LogP contribution in [0.5, 0.6) is 0 Å². The molecule has 0 aliphatic rings. The van der Waals surface area contributed by atoms with Crippen LogP contribution in [0.15, 0.2) is 47.0 Å². The summed E-state index contributed by atoms with van der Waals surface area (Å²) in [6.07, 6.45) is 0. The van der Waals surface area contributed by atoms with Crippen LogP contribution in [0.3, 0.4) is 0 Å². The number of nitrogens with zero attached hydrogens (tertiary/aromatic N) is 2. The molecule has 2 aromatic carbocycles. The summed E-state index contributed by atoms with van der Waals surface area (Å²) < 4.78 is 31.2. The Hall–Kier alpha value is -2.76. The molecule has 0 amide bonds. The topological polar surface area (TPSA) is 64.9 Å². The van der Waals surface area contributed by atoms with Crippen molar-refractivity contribution in [3.8, 4) is 22.8 Å². The zero-order chi connectivity index (χ0) is 14.1. The Morgan fingerprint density at radius 1 is 1.00 bits per heavy atom. The number of nitrogens with two attached hydrogens (primary N) is 1. The summed E-state index contributed by atoms with van der Waals surface area (Å²) >= 11 is 0. The second kappa shape index (κ2) is 4.73. The third kappa shape index (κ3) is 2.11. The van der Waals surface area contributed by atoms with E-state index in [9.17, 15) is 8.78 Å². The maximum Gasteiger partial charge on any atom is 0.260 e. The molecule has 1 aromatic heterocycles. The molecule has 0 spiro atoms. The normalized spacial score (nSPS) is 10.7. The number of para-hydroxylation sites is 1. The maximum absolute atomic E-state index is 13.2. The Bertz CT molecular complexity index is 771. The van der Waals surface area contributed by atoms with Gasteiger partial charge < -0.3 is 10.3 Å². The lowest BCUT2D eigenvalue weighted by Crippen LogP contribution is -1.89.